The number of phenolic OH excluding ortho intramolecular Hbond substituents is 1. The van der Waals surface area contributed by atoms with Crippen molar-refractivity contribution < 1.29 is 19.1 Å². The van der Waals surface area contributed by atoms with Crippen molar-refractivity contribution in [1.82, 2.24) is 0 Å². The predicted octanol–water partition coefficient (Wildman–Crippen LogP) is 2.87. The highest BCUT2D eigenvalue weighted by Crippen LogP contribution is 2.26. The summed E-state index contributed by atoms with van der Waals surface area (Å²) in [6, 6.07) is 13.3. The molecule has 0 aliphatic rings. The number of benzene rings is 2. The van der Waals surface area contributed by atoms with Gasteiger partial charge in [0.15, 0.2) is 0 Å². The summed E-state index contributed by atoms with van der Waals surface area (Å²) in [4.78, 5) is 16.1. The van der Waals surface area contributed by atoms with Crippen LogP contribution in [0, 0.1) is 0 Å². The van der Waals surface area contributed by atoms with E-state index in [-0.39, 0.29) is 16.9 Å². The summed E-state index contributed by atoms with van der Waals surface area (Å²) in [5.41, 5.74) is 6.58. The number of primary amides is 1. The summed E-state index contributed by atoms with van der Waals surface area (Å²) in [5, 5.41) is 10.2. The zero-order chi connectivity index (χ0) is 17.1. The molecular weight excluding hydrogens is 308 g/mol. The molecule has 3 N–H and O–H groups in total. The van der Waals surface area contributed by atoms with Crippen molar-refractivity contribution in [3.63, 3.8) is 0 Å². The molecule has 6 nitrogen and oxygen atoms in total. The van der Waals surface area contributed by atoms with Gasteiger partial charge >= 0.3 is 0 Å². The molecule has 0 radical (unpaired) electrons. The Labute approximate surface area is 137 Å². The molecule has 0 fully saturated rings. The number of phenols is 1. The fourth-order valence-electron chi connectivity index (χ4n) is 2.30. The van der Waals surface area contributed by atoms with Crippen LogP contribution >= 0.6 is 0 Å². The normalized spacial score (nSPS) is 11.6. The van der Waals surface area contributed by atoms with Crippen molar-refractivity contribution in [1.29, 1.82) is 0 Å². The Bertz CT molecular complexity index is 976. The number of carbonyl (C=O) groups excluding carboxylic acids is 1. The summed E-state index contributed by atoms with van der Waals surface area (Å²) in [6.07, 6.45) is 0. The molecule has 0 spiro atoms. The van der Waals surface area contributed by atoms with Crippen LogP contribution in [0.25, 0.3) is 11.0 Å². The Morgan fingerprint density at radius 1 is 1.25 bits per heavy atom. The number of fused-ring (bicyclic) bond motifs is 1. The third kappa shape index (κ3) is 3.08. The van der Waals surface area contributed by atoms with E-state index in [2.05, 4.69) is 4.99 Å². The highest BCUT2D eigenvalue weighted by atomic mass is 16.5. The monoisotopic (exact) mass is 324 g/mol. The molecule has 1 aromatic heterocycles. The van der Waals surface area contributed by atoms with E-state index in [0.29, 0.717) is 29.0 Å². The van der Waals surface area contributed by atoms with Gasteiger partial charge in [0.25, 0.3) is 5.91 Å². The molecule has 0 bridgehead atoms. The number of hydrogen-bond donors (Lipinski definition) is 2. The molecule has 0 aliphatic carbocycles. The van der Waals surface area contributed by atoms with Crippen molar-refractivity contribution in [2.45, 2.75) is 6.92 Å². The molecule has 0 aliphatic heterocycles. The molecule has 0 unspecified atom stereocenters. The molecule has 122 valence electrons. The van der Waals surface area contributed by atoms with E-state index >= 15 is 0 Å². The van der Waals surface area contributed by atoms with Crippen LogP contribution in [0.4, 0.5) is 5.69 Å². The van der Waals surface area contributed by atoms with E-state index in [1.807, 2.05) is 13.0 Å². The second kappa shape index (κ2) is 6.45. The Hall–Kier alpha value is -3.28. The first-order valence-electron chi connectivity index (χ1n) is 7.41. The topological polar surface area (TPSA) is 98.1 Å². The lowest BCUT2D eigenvalue weighted by Gasteiger charge is -2.06. The Morgan fingerprint density at radius 2 is 2.04 bits per heavy atom. The molecule has 6 heteroatoms. The number of ether oxygens (including phenoxy) is 1. The first-order valence-corrected chi connectivity index (χ1v) is 7.41. The number of rotatable bonds is 4. The van der Waals surface area contributed by atoms with Gasteiger partial charge in [0.05, 0.1) is 6.61 Å². The number of amides is 1. The van der Waals surface area contributed by atoms with Gasteiger partial charge in [0, 0.05) is 11.5 Å². The zero-order valence-electron chi connectivity index (χ0n) is 13.0. The summed E-state index contributed by atoms with van der Waals surface area (Å²) in [6.45, 7) is 2.35. The van der Waals surface area contributed by atoms with E-state index in [9.17, 15) is 9.90 Å². The summed E-state index contributed by atoms with van der Waals surface area (Å²) >= 11 is 0. The number of nitrogens with zero attached hydrogens (tertiary/aromatic N) is 1. The van der Waals surface area contributed by atoms with Crippen molar-refractivity contribution >= 4 is 22.6 Å². The van der Waals surface area contributed by atoms with Crippen molar-refractivity contribution in [2.24, 2.45) is 10.7 Å². The summed E-state index contributed by atoms with van der Waals surface area (Å²) < 4.78 is 11.2. The molecule has 0 saturated heterocycles. The average molecular weight is 324 g/mol. The van der Waals surface area contributed by atoms with Crippen LogP contribution in [0.1, 0.15) is 17.3 Å². The Kier molecular flexibility index (Phi) is 4.20. The smallest absolute Gasteiger partial charge is 0.254 e. The largest absolute Gasteiger partial charge is 0.508 e. The van der Waals surface area contributed by atoms with Crippen LogP contribution in [-0.2, 0) is 0 Å². The van der Waals surface area contributed by atoms with Crippen LogP contribution in [0.5, 0.6) is 11.5 Å². The molecule has 1 heterocycles. The van der Waals surface area contributed by atoms with Gasteiger partial charge in [-0.05, 0) is 37.3 Å². The van der Waals surface area contributed by atoms with E-state index < -0.39 is 5.91 Å². The van der Waals surface area contributed by atoms with E-state index in [4.69, 9.17) is 14.9 Å². The first kappa shape index (κ1) is 15.6. The molecule has 3 aromatic rings. The number of nitrogens with two attached hydrogens (primary N) is 1. The van der Waals surface area contributed by atoms with Gasteiger partial charge in [-0.25, -0.2) is 4.99 Å². The van der Waals surface area contributed by atoms with Crippen LogP contribution < -0.4 is 16.0 Å². The number of carbonyl (C=O) groups is 1. The second-order valence-electron chi connectivity index (χ2n) is 5.06. The SMILES string of the molecule is CCOc1ccccc1N=c1oc2cc(O)ccc2cc1C(N)=O. The van der Waals surface area contributed by atoms with Crippen molar-refractivity contribution in [3.8, 4) is 11.5 Å². The fourth-order valence-corrected chi connectivity index (χ4v) is 2.30. The molecule has 2 aromatic carbocycles. The lowest BCUT2D eigenvalue weighted by molar-refractivity contribution is 0.0996. The van der Waals surface area contributed by atoms with Crippen LogP contribution in [-0.4, -0.2) is 17.6 Å². The third-order valence-corrected chi connectivity index (χ3v) is 3.39. The standard InChI is InChI=1S/C18H16N2O4/c1-2-23-15-6-4-3-5-14(15)20-18-13(17(19)22)9-11-7-8-12(21)10-16(11)24-18/h3-10,21H,2H2,1H3,(H2,19,22). The van der Waals surface area contributed by atoms with Crippen LogP contribution in [0.3, 0.4) is 0 Å². The second-order valence-corrected chi connectivity index (χ2v) is 5.06. The van der Waals surface area contributed by atoms with E-state index in [1.165, 1.54) is 12.1 Å². The van der Waals surface area contributed by atoms with Crippen LogP contribution in [0.2, 0.25) is 0 Å². The Balaban J connectivity index is 2.27. The van der Waals surface area contributed by atoms with Gasteiger partial charge in [-0.3, -0.25) is 4.79 Å². The van der Waals surface area contributed by atoms with Gasteiger partial charge in [-0.1, -0.05) is 12.1 Å². The zero-order valence-corrected chi connectivity index (χ0v) is 13.0. The average Bonchev–Trinajstić information content (AvgIpc) is 2.56. The number of para-hydroxylation sites is 2. The molecule has 3 rings (SSSR count). The van der Waals surface area contributed by atoms with Gasteiger partial charge in [0.1, 0.15) is 28.3 Å². The van der Waals surface area contributed by atoms with Crippen LogP contribution in [0.15, 0.2) is 57.9 Å². The quantitative estimate of drug-likeness (QED) is 0.771. The summed E-state index contributed by atoms with van der Waals surface area (Å²) in [7, 11) is 0. The van der Waals surface area contributed by atoms with Gasteiger partial charge in [-0.2, -0.15) is 0 Å². The highest BCUT2D eigenvalue weighted by Gasteiger charge is 2.11. The fraction of sp³-hybridized carbons (Fsp3) is 0.111. The molecule has 0 atom stereocenters. The van der Waals surface area contributed by atoms with E-state index in [1.54, 1.807) is 30.3 Å². The number of hydrogen-bond acceptors (Lipinski definition) is 5. The molecule has 0 saturated carbocycles. The summed E-state index contributed by atoms with van der Waals surface area (Å²) in [5.74, 6) is -0.0262. The minimum atomic E-state index is -0.652. The maximum absolute atomic E-state index is 11.8. The van der Waals surface area contributed by atoms with Gasteiger partial charge in [0.2, 0.25) is 5.55 Å². The lowest BCUT2D eigenvalue weighted by atomic mass is 10.1. The minimum absolute atomic E-state index is 0.0544. The van der Waals surface area contributed by atoms with Gasteiger partial charge < -0.3 is 20.0 Å². The lowest BCUT2D eigenvalue weighted by Crippen LogP contribution is -2.21. The molecule has 1 amide bonds. The maximum Gasteiger partial charge on any atom is 0.254 e. The Morgan fingerprint density at radius 3 is 2.79 bits per heavy atom. The predicted molar refractivity (Wildman–Crippen MR) is 89.2 cm³/mol. The van der Waals surface area contributed by atoms with Crippen molar-refractivity contribution in [3.05, 3.63) is 59.6 Å². The maximum atomic E-state index is 11.8. The molecule has 24 heavy (non-hydrogen) atoms. The van der Waals surface area contributed by atoms with Crippen molar-refractivity contribution in [2.75, 3.05) is 6.61 Å². The third-order valence-electron chi connectivity index (χ3n) is 3.39. The molecular formula is C18H16N2O4. The first-order chi connectivity index (χ1) is 11.6. The number of aromatic hydroxyl groups is 1. The highest BCUT2D eigenvalue weighted by molar-refractivity contribution is 5.95. The minimum Gasteiger partial charge on any atom is -0.508 e. The van der Waals surface area contributed by atoms with Gasteiger partial charge in [-0.15, -0.1) is 0 Å². The van der Waals surface area contributed by atoms with E-state index in [0.717, 1.165) is 0 Å².